The quantitative estimate of drug-likeness (QED) is 0.688. The first-order valence-corrected chi connectivity index (χ1v) is 9.71. The van der Waals surface area contributed by atoms with E-state index in [4.69, 9.17) is 9.47 Å². The molecule has 2 atom stereocenters. The second kappa shape index (κ2) is 5.70. The van der Waals surface area contributed by atoms with Crippen molar-refractivity contribution in [3.8, 4) is 11.5 Å². The van der Waals surface area contributed by atoms with Crippen molar-refractivity contribution in [2.75, 3.05) is 6.79 Å². The van der Waals surface area contributed by atoms with Crippen LogP contribution in [0.25, 0.3) is 5.65 Å². The number of hydrogen-bond acceptors (Lipinski definition) is 5. The van der Waals surface area contributed by atoms with Crippen LogP contribution < -0.4 is 9.47 Å². The average Bonchev–Trinajstić information content (AvgIpc) is 3.37. The van der Waals surface area contributed by atoms with Crippen molar-refractivity contribution in [1.29, 1.82) is 0 Å². The van der Waals surface area contributed by atoms with Crippen molar-refractivity contribution in [3.05, 3.63) is 53.0 Å². The molecule has 0 aliphatic carbocycles. The van der Waals surface area contributed by atoms with Gasteiger partial charge in [0, 0.05) is 30.3 Å². The van der Waals surface area contributed by atoms with Gasteiger partial charge >= 0.3 is 0 Å². The minimum Gasteiger partial charge on any atom is -0.454 e. The van der Waals surface area contributed by atoms with Gasteiger partial charge in [-0.2, -0.15) is 5.10 Å². The molecule has 0 radical (unpaired) electrons. The van der Waals surface area contributed by atoms with Crippen LogP contribution in [-0.2, 0) is 17.6 Å². The molecule has 3 aliphatic heterocycles. The van der Waals surface area contributed by atoms with Crippen molar-refractivity contribution >= 4 is 11.6 Å². The van der Waals surface area contributed by atoms with Crippen molar-refractivity contribution < 1.29 is 14.3 Å². The molecule has 0 spiro atoms. The summed E-state index contributed by atoms with van der Waals surface area (Å²) in [6, 6.07) is 8.07. The lowest BCUT2D eigenvalue weighted by atomic mass is 9.98. The van der Waals surface area contributed by atoms with Gasteiger partial charge < -0.3 is 14.4 Å². The zero-order valence-corrected chi connectivity index (χ0v) is 15.6. The van der Waals surface area contributed by atoms with Crippen LogP contribution in [0, 0.1) is 6.92 Å². The Kier molecular flexibility index (Phi) is 3.24. The van der Waals surface area contributed by atoms with Gasteiger partial charge in [-0.15, -0.1) is 0 Å². The van der Waals surface area contributed by atoms with E-state index < -0.39 is 0 Å². The fourth-order valence-corrected chi connectivity index (χ4v) is 4.90. The monoisotopic (exact) mass is 376 g/mol. The number of aryl methyl sites for hydroxylation is 1. The summed E-state index contributed by atoms with van der Waals surface area (Å²) in [5.74, 6) is 1.62. The molecule has 7 heteroatoms. The average molecular weight is 376 g/mol. The molecule has 1 aromatic carbocycles. The predicted molar refractivity (Wildman–Crippen MR) is 100 cm³/mol. The van der Waals surface area contributed by atoms with E-state index in [1.165, 1.54) is 5.69 Å². The molecule has 2 aromatic heterocycles. The lowest BCUT2D eigenvalue weighted by Crippen LogP contribution is -2.43. The van der Waals surface area contributed by atoms with E-state index in [1.807, 2.05) is 41.9 Å². The standard InChI is InChI=1S/C21H20N4O3/c1-12-6-20-22-10-15-16-4-3-14(9-17(15)25(20)23-12)24(16)21(26)8-13-2-5-18-19(7-13)28-11-27-18/h2,5-7,10,14,16H,3-4,8-9,11H2,1H3. The van der Waals surface area contributed by atoms with Crippen molar-refractivity contribution in [2.45, 2.75) is 44.7 Å². The normalized spacial score (nSPS) is 22.0. The van der Waals surface area contributed by atoms with Gasteiger partial charge in [0.2, 0.25) is 12.7 Å². The summed E-state index contributed by atoms with van der Waals surface area (Å²) in [6.07, 6.45) is 5.15. The smallest absolute Gasteiger partial charge is 0.231 e. The third kappa shape index (κ3) is 2.25. The molecule has 7 nitrogen and oxygen atoms in total. The molecule has 1 amide bonds. The lowest BCUT2D eigenvalue weighted by Gasteiger charge is -2.36. The third-order valence-electron chi connectivity index (χ3n) is 6.11. The first-order valence-electron chi connectivity index (χ1n) is 9.71. The molecule has 142 valence electrons. The highest BCUT2D eigenvalue weighted by Gasteiger charge is 2.43. The van der Waals surface area contributed by atoms with Gasteiger partial charge in [-0.05, 0) is 37.5 Å². The summed E-state index contributed by atoms with van der Waals surface area (Å²) >= 11 is 0. The number of benzene rings is 1. The summed E-state index contributed by atoms with van der Waals surface area (Å²) in [4.78, 5) is 19.9. The van der Waals surface area contributed by atoms with Crippen LogP contribution in [-0.4, -0.2) is 38.2 Å². The fraction of sp³-hybridized carbons (Fsp3) is 0.381. The third-order valence-corrected chi connectivity index (χ3v) is 6.11. The molecule has 3 aromatic rings. The van der Waals surface area contributed by atoms with E-state index >= 15 is 0 Å². The fourth-order valence-electron chi connectivity index (χ4n) is 4.90. The highest BCUT2D eigenvalue weighted by molar-refractivity contribution is 5.80. The summed E-state index contributed by atoms with van der Waals surface area (Å²) in [5.41, 5.74) is 5.15. The Morgan fingerprint density at radius 2 is 2.11 bits per heavy atom. The second-order valence-corrected chi connectivity index (χ2v) is 7.83. The largest absolute Gasteiger partial charge is 0.454 e. The maximum atomic E-state index is 13.2. The van der Waals surface area contributed by atoms with Crippen LogP contribution >= 0.6 is 0 Å². The van der Waals surface area contributed by atoms with E-state index in [2.05, 4.69) is 15.0 Å². The Labute approximate surface area is 161 Å². The van der Waals surface area contributed by atoms with Gasteiger partial charge in [-0.1, -0.05) is 6.07 Å². The zero-order valence-electron chi connectivity index (χ0n) is 15.6. The first kappa shape index (κ1) is 15.9. The molecular weight excluding hydrogens is 356 g/mol. The number of amides is 1. The summed E-state index contributed by atoms with van der Waals surface area (Å²) in [6.45, 7) is 2.23. The topological polar surface area (TPSA) is 69.0 Å². The van der Waals surface area contributed by atoms with E-state index in [0.717, 1.165) is 53.2 Å². The Bertz CT molecular complexity index is 1120. The maximum Gasteiger partial charge on any atom is 0.231 e. The van der Waals surface area contributed by atoms with Crippen LogP contribution in [0.15, 0.2) is 30.5 Å². The Morgan fingerprint density at radius 3 is 3.04 bits per heavy atom. The number of carbonyl (C=O) groups is 1. The molecule has 2 unspecified atom stereocenters. The molecule has 2 bridgehead atoms. The summed E-state index contributed by atoms with van der Waals surface area (Å²) in [5, 5.41) is 4.62. The van der Waals surface area contributed by atoms with Crippen LogP contribution in [0.3, 0.4) is 0 Å². The lowest BCUT2D eigenvalue weighted by molar-refractivity contribution is -0.134. The SMILES string of the molecule is Cc1cc2ncc3c(n2n1)CC1CCC3N1C(=O)Cc1ccc2c(c1)OCO2. The number of carbonyl (C=O) groups excluding carboxylic acids is 1. The van der Waals surface area contributed by atoms with E-state index in [9.17, 15) is 4.79 Å². The van der Waals surface area contributed by atoms with Crippen molar-refractivity contribution in [3.63, 3.8) is 0 Å². The van der Waals surface area contributed by atoms with E-state index in [0.29, 0.717) is 6.42 Å². The molecule has 0 N–H and O–H groups in total. The zero-order chi connectivity index (χ0) is 18.8. The van der Waals surface area contributed by atoms with Crippen molar-refractivity contribution in [2.24, 2.45) is 0 Å². The molecule has 6 rings (SSSR count). The minimum atomic E-state index is 0.0941. The van der Waals surface area contributed by atoms with Gasteiger partial charge in [0.15, 0.2) is 17.1 Å². The number of nitrogens with zero attached hydrogens (tertiary/aromatic N) is 4. The van der Waals surface area contributed by atoms with Gasteiger partial charge in [0.25, 0.3) is 0 Å². The van der Waals surface area contributed by atoms with Gasteiger partial charge in [-0.25, -0.2) is 9.50 Å². The molecular formula is C21H20N4O3. The number of rotatable bonds is 2. The van der Waals surface area contributed by atoms with Gasteiger partial charge in [0.05, 0.1) is 23.9 Å². The molecule has 1 saturated heterocycles. The molecule has 28 heavy (non-hydrogen) atoms. The molecule has 1 fully saturated rings. The second-order valence-electron chi connectivity index (χ2n) is 7.83. The van der Waals surface area contributed by atoms with Crippen LogP contribution in [0.4, 0.5) is 0 Å². The minimum absolute atomic E-state index is 0.0941. The Morgan fingerprint density at radius 1 is 1.21 bits per heavy atom. The summed E-state index contributed by atoms with van der Waals surface area (Å²) in [7, 11) is 0. The molecule has 3 aliphatic rings. The van der Waals surface area contributed by atoms with Crippen LogP contribution in [0.2, 0.25) is 0 Å². The molecule has 5 heterocycles. The first-order chi connectivity index (χ1) is 13.7. The van der Waals surface area contributed by atoms with Gasteiger partial charge in [-0.3, -0.25) is 4.79 Å². The van der Waals surface area contributed by atoms with E-state index in [1.54, 1.807) is 0 Å². The summed E-state index contributed by atoms with van der Waals surface area (Å²) < 4.78 is 12.8. The highest BCUT2D eigenvalue weighted by atomic mass is 16.7. The molecule has 0 saturated carbocycles. The maximum absolute atomic E-state index is 13.2. The highest BCUT2D eigenvalue weighted by Crippen LogP contribution is 2.44. The van der Waals surface area contributed by atoms with Gasteiger partial charge in [0.1, 0.15) is 0 Å². The number of aromatic nitrogens is 3. The predicted octanol–water partition coefficient (Wildman–Crippen LogP) is 2.60. The van der Waals surface area contributed by atoms with Crippen LogP contribution in [0.1, 0.15) is 41.4 Å². The van der Waals surface area contributed by atoms with E-state index in [-0.39, 0.29) is 24.8 Å². The number of fused-ring (bicyclic) bond motifs is 7. The number of hydrogen-bond donors (Lipinski definition) is 0. The number of ether oxygens (including phenoxy) is 2. The Balaban J connectivity index is 1.32. The Hall–Kier alpha value is -3.09. The van der Waals surface area contributed by atoms with Crippen LogP contribution in [0.5, 0.6) is 11.5 Å². The van der Waals surface area contributed by atoms with Crippen molar-refractivity contribution in [1.82, 2.24) is 19.5 Å².